The molecule has 5 heteroatoms. The lowest BCUT2D eigenvalue weighted by atomic mass is 10.2. The van der Waals surface area contributed by atoms with E-state index in [1.165, 1.54) is 0 Å². The van der Waals surface area contributed by atoms with Crippen molar-refractivity contribution >= 4 is 17.0 Å². The first-order valence-electron chi connectivity index (χ1n) is 3.36. The van der Waals surface area contributed by atoms with Gasteiger partial charge in [0, 0.05) is 17.2 Å². The van der Waals surface area contributed by atoms with E-state index in [-0.39, 0.29) is 12.2 Å². The quantitative estimate of drug-likeness (QED) is 0.696. The van der Waals surface area contributed by atoms with Crippen molar-refractivity contribution in [3.05, 3.63) is 35.4 Å². The van der Waals surface area contributed by atoms with Gasteiger partial charge in [0.25, 0.3) is 0 Å². The minimum atomic E-state index is -1.05. The van der Waals surface area contributed by atoms with E-state index in [0.29, 0.717) is 0 Å². The highest BCUT2D eigenvalue weighted by Gasteiger charge is 2.05. The Kier molecular flexibility index (Phi) is 3.19. The van der Waals surface area contributed by atoms with Gasteiger partial charge in [-0.15, -0.1) is 0 Å². The predicted molar refractivity (Wildman–Crippen MR) is 42.4 cm³/mol. The number of carbonyl (C=O) groups excluding carboxylic acids is 1. The van der Waals surface area contributed by atoms with Gasteiger partial charge in [-0.1, -0.05) is 0 Å². The molecule has 0 amide bonds. The first-order chi connectivity index (χ1) is 6.09. The van der Waals surface area contributed by atoms with E-state index < -0.39 is 17.1 Å². The van der Waals surface area contributed by atoms with Crippen LogP contribution in [0.3, 0.4) is 0 Å². The van der Waals surface area contributed by atoms with Gasteiger partial charge < -0.3 is 4.74 Å². The van der Waals surface area contributed by atoms with Crippen LogP contribution in [-0.2, 0) is 11.3 Å². The van der Waals surface area contributed by atoms with E-state index in [9.17, 15) is 13.6 Å². The van der Waals surface area contributed by atoms with Crippen molar-refractivity contribution in [3.63, 3.8) is 0 Å². The average molecular weight is 207 g/mol. The molecule has 1 aromatic carbocycles. The zero-order valence-corrected chi connectivity index (χ0v) is 7.15. The maximum atomic E-state index is 12.8. The van der Waals surface area contributed by atoms with Crippen molar-refractivity contribution in [2.24, 2.45) is 0 Å². The molecule has 13 heavy (non-hydrogen) atoms. The number of carbonyl (C=O) groups is 1. The molecular weight excluding hydrogens is 202 g/mol. The molecule has 0 spiro atoms. The normalized spacial score (nSPS) is 9.77. The van der Waals surface area contributed by atoms with Crippen LogP contribution in [-0.4, -0.2) is 5.43 Å². The molecule has 1 aromatic rings. The third-order valence-corrected chi connectivity index (χ3v) is 1.46. The summed E-state index contributed by atoms with van der Waals surface area (Å²) in [6, 6.07) is 2.86. The molecule has 0 unspecified atom stereocenters. The molecule has 1 rings (SSSR count). The number of hydrogen-bond acceptors (Lipinski definition) is 2. The summed E-state index contributed by atoms with van der Waals surface area (Å²) in [5.41, 5.74) is -1.10. The van der Waals surface area contributed by atoms with Gasteiger partial charge in [-0.3, -0.25) is 0 Å². The highest BCUT2D eigenvalue weighted by molar-refractivity contribution is 6.61. The SMILES string of the molecule is O=C(Cl)OCc1cc(F)ccc1F. The molecule has 0 radical (unpaired) electrons. The highest BCUT2D eigenvalue weighted by Crippen LogP contribution is 2.11. The van der Waals surface area contributed by atoms with Gasteiger partial charge in [-0.05, 0) is 18.2 Å². The summed E-state index contributed by atoms with van der Waals surface area (Å²) >= 11 is 4.84. The molecule has 0 aromatic heterocycles. The van der Waals surface area contributed by atoms with Crippen LogP contribution in [0.4, 0.5) is 13.6 Å². The summed E-state index contributed by atoms with van der Waals surface area (Å²) in [6.07, 6.45) is 0. The second-order valence-corrected chi connectivity index (χ2v) is 2.57. The Morgan fingerprint density at radius 2 is 2.15 bits per heavy atom. The van der Waals surface area contributed by atoms with E-state index in [1.54, 1.807) is 0 Å². The predicted octanol–water partition coefficient (Wildman–Crippen LogP) is 2.84. The van der Waals surface area contributed by atoms with Crippen molar-refractivity contribution in [2.45, 2.75) is 6.61 Å². The van der Waals surface area contributed by atoms with Crippen LogP contribution in [0.15, 0.2) is 18.2 Å². The molecular formula is C8H5ClF2O2. The molecule has 0 aliphatic heterocycles. The summed E-state index contributed by atoms with van der Waals surface area (Å²) in [6.45, 7) is -0.369. The molecule has 70 valence electrons. The number of halogens is 3. The first-order valence-corrected chi connectivity index (χ1v) is 3.73. The topological polar surface area (TPSA) is 26.3 Å². The lowest BCUT2D eigenvalue weighted by Crippen LogP contribution is -1.98. The lowest BCUT2D eigenvalue weighted by molar-refractivity contribution is 0.165. The van der Waals surface area contributed by atoms with Gasteiger partial charge in [0.1, 0.15) is 18.2 Å². The fraction of sp³-hybridized carbons (Fsp3) is 0.125. The first kappa shape index (κ1) is 9.92. The number of ether oxygens (including phenoxy) is 1. The Bertz CT molecular complexity index is 328. The summed E-state index contributed by atoms with van der Waals surface area (Å²) in [5.74, 6) is -1.23. The van der Waals surface area contributed by atoms with Crippen molar-refractivity contribution in [1.82, 2.24) is 0 Å². The van der Waals surface area contributed by atoms with Gasteiger partial charge >= 0.3 is 5.43 Å². The third-order valence-electron chi connectivity index (χ3n) is 1.35. The van der Waals surface area contributed by atoms with Crippen molar-refractivity contribution < 1.29 is 18.3 Å². The molecule has 0 bridgehead atoms. The van der Waals surface area contributed by atoms with Gasteiger partial charge in [-0.25, -0.2) is 13.6 Å². The second kappa shape index (κ2) is 4.18. The summed E-state index contributed by atoms with van der Waals surface area (Å²) in [5, 5.41) is 0. The van der Waals surface area contributed by atoms with Crippen molar-refractivity contribution in [1.29, 1.82) is 0 Å². The number of hydrogen-bond donors (Lipinski definition) is 0. The maximum Gasteiger partial charge on any atom is 0.404 e. The van der Waals surface area contributed by atoms with E-state index >= 15 is 0 Å². The minimum Gasteiger partial charge on any atom is -0.449 e. The number of benzene rings is 1. The zero-order valence-electron chi connectivity index (χ0n) is 6.39. The summed E-state index contributed by atoms with van der Waals surface area (Å²) in [4.78, 5) is 10.1. The van der Waals surface area contributed by atoms with E-state index in [0.717, 1.165) is 18.2 Å². The summed E-state index contributed by atoms with van der Waals surface area (Å²) in [7, 11) is 0. The smallest absolute Gasteiger partial charge is 0.404 e. The highest BCUT2D eigenvalue weighted by atomic mass is 35.5. The Balaban J connectivity index is 2.75. The molecule has 0 saturated heterocycles. The van der Waals surface area contributed by atoms with Crippen molar-refractivity contribution in [3.8, 4) is 0 Å². The fourth-order valence-corrected chi connectivity index (χ4v) is 0.843. The molecule has 0 aliphatic carbocycles. The van der Waals surface area contributed by atoms with Gasteiger partial charge in [-0.2, -0.15) is 0 Å². The maximum absolute atomic E-state index is 12.8. The molecule has 0 heterocycles. The van der Waals surface area contributed by atoms with Crippen molar-refractivity contribution in [2.75, 3.05) is 0 Å². The van der Waals surface area contributed by atoms with E-state index in [2.05, 4.69) is 4.74 Å². The molecule has 0 atom stereocenters. The van der Waals surface area contributed by atoms with Crippen LogP contribution < -0.4 is 0 Å². The molecule has 2 nitrogen and oxygen atoms in total. The third kappa shape index (κ3) is 2.99. The molecule has 0 N–H and O–H groups in total. The Morgan fingerprint density at radius 1 is 1.46 bits per heavy atom. The van der Waals surface area contributed by atoms with E-state index in [4.69, 9.17) is 11.6 Å². The Hall–Kier alpha value is -1.16. The van der Waals surface area contributed by atoms with Gasteiger partial charge in [0.05, 0.1) is 0 Å². The molecule has 0 saturated carbocycles. The van der Waals surface area contributed by atoms with Gasteiger partial charge in [0.2, 0.25) is 0 Å². The van der Waals surface area contributed by atoms with Crippen LogP contribution in [0.2, 0.25) is 0 Å². The molecule has 0 fully saturated rings. The van der Waals surface area contributed by atoms with Gasteiger partial charge in [0.15, 0.2) is 0 Å². The monoisotopic (exact) mass is 206 g/mol. The van der Waals surface area contributed by atoms with Crippen LogP contribution in [0.5, 0.6) is 0 Å². The second-order valence-electron chi connectivity index (χ2n) is 2.26. The zero-order chi connectivity index (χ0) is 9.84. The minimum absolute atomic E-state index is 0.0472. The van der Waals surface area contributed by atoms with Crippen LogP contribution in [0, 0.1) is 11.6 Å². The fourth-order valence-electron chi connectivity index (χ4n) is 0.788. The standard InChI is InChI=1S/C8H5ClF2O2/c9-8(12)13-4-5-3-6(10)1-2-7(5)11/h1-3H,4H2. The number of rotatable bonds is 2. The Labute approximate surface area is 78.1 Å². The largest absolute Gasteiger partial charge is 0.449 e. The lowest BCUT2D eigenvalue weighted by Gasteiger charge is -2.02. The van der Waals surface area contributed by atoms with Crippen LogP contribution in [0.25, 0.3) is 0 Å². The molecule has 0 aliphatic rings. The van der Waals surface area contributed by atoms with Crippen LogP contribution in [0.1, 0.15) is 5.56 Å². The Morgan fingerprint density at radius 3 is 2.77 bits per heavy atom. The summed E-state index contributed by atoms with van der Waals surface area (Å²) < 4.78 is 29.6. The van der Waals surface area contributed by atoms with Crippen LogP contribution >= 0.6 is 11.6 Å². The average Bonchev–Trinajstić information content (AvgIpc) is 2.06. The van der Waals surface area contributed by atoms with E-state index in [1.807, 2.05) is 0 Å².